The molecular formula is C10H8S. The molecule has 0 bridgehead atoms. The molecule has 1 aliphatic heterocycles. The van der Waals surface area contributed by atoms with Crippen molar-refractivity contribution in [1.29, 1.82) is 0 Å². The zero-order chi connectivity index (χ0) is 7.68. The van der Waals surface area contributed by atoms with Gasteiger partial charge in [-0.25, -0.2) is 0 Å². The van der Waals surface area contributed by atoms with E-state index in [-0.39, 0.29) is 0 Å². The van der Waals surface area contributed by atoms with Crippen molar-refractivity contribution >= 4 is 22.7 Å². The van der Waals surface area contributed by atoms with Gasteiger partial charge in [-0.2, -0.15) is 0 Å². The lowest BCUT2D eigenvalue weighted by atomic mass is 10.1. The van der Waals surface area contributed by atoms with Gasteiger partial charge in [0.15, 0.2) is 0 Å². The van der Waals surface area contributed by atoms with E-state index in [0.717, 1.165) is 4.91 Å². The lowest BCUT2D eigenvalue weighted by Crippen LogP contribution is -1.86. The molecule has 1 aromatic carbocycles. The second-order valence-corrected chi connectivity index (χ2v) is 3.43. The van der Waals surface area contributed by atoms with Crippen LogP contribution >= 0.6 is 11.8 Å². The first-order chi connectivity index (χ1) is 5.38. The molecular weight excluding hydrogens is 152 g/mol. The second kappa shape index (κ2) is 2.59. The lowest BCUT2D eigenvalue weighted by Gasteiger charge is -2.10. The van der Waals surface area contributed by atoms with Crippen LogP contribution < -0.4 is 0 Å². The van der Waals surface area contributed by atoms with Gasteiger partial charge in [-0.1, -0.05) is 42.6 Å². The Morgan fingerprint density at radius 1 is 1.18 bits per heavy atom. The quantitative estimate of drug-likeness (QED) is 0.560. The Balaban J connectivity index is 2.63. The number of rotatable bonds is 0. The van der Waals surface area contributed by atoms with Gasteiger partial charge in [-0.15, -0.1) is 0 Å². The van der Waals surface area contributed by atoms with Crippen molar-refractivity contribution < 1.29 is 0 Å². The summed E-state index contributed by atoms with van der Waals surface area (Å²) in [6.07, 6.45) is 2.12. The van der Waals surface area contributed by atoms with Crippen molar-refractivity contribution in [3.63, 3.8) is 0 Å². The first kappa shape index (κ1) is 6.74. The average molecular weight is 160 g/mol. The normalized spacial score (nSPS) is 14.7. The molecule has 0 spiro atoms. The maximum absolute atomic E-state index is 3.97. The summed E-state index contributed by atoms with van der Waals surface area (Å²) >= 11 is 1.69. The standard InChI is InChI=1S/C10H8S/c1-8-10-5-3-2-4-9(10)6-7-11-8/h2-7H,1H2. The molecule has 0 amide bonds. The molecule has 1 aromatic rings. The summed E-state index contributed by atoms with van der Waals surface area (Å²) < 4.78 is 0. The molecule has 0 atom stereocenters. The van der Waals surface area contributed by atoms with Gasteiger partial charge < -0.3 is 0 Å². The SMILES string of the molecule is C=C1SC=Cc2ccccc21. The van der Waals surface area contributed by atoms with Crippen molar-refractivity contribution in [2.75, 3.05) is 0 Å². The number of fused-ring (bicyclic) bond motifs is 1. The Bertz CT molecular complexity index is 323. The molecule has 0 fully saturated rings. The molecule has 0 unspecified atom stereocenters. The maximum atomic E-state index is 3.97. The summed E-state index contributed by atoms with van der Waals surface area (Å²) in [6.45, 7) is 3.97. The van der Waals surface area contributed by atoms with Crippen molar-refractivity contribution in [1.82, 2.24) is 0 Å². The van der Waals surface area contributed by atoms with E-state index >= 15 is 0 Å². The van der Waals surface area contributed by atoms with E-state index in [2.05, 4.69) is 30.2 Å². The van der Waals surface area contributed by atoms with Gasteiger partial charge >= 0.3 is 0 Å². The Morgan fingerprint density at radius 2 is 2.00 bits per heavy atom. The van der Waals surface area contributed by atoms with Crippen molar-refractivity contribution in [2.24, 2.45) is 0 Å². The van der Waals surface area contributed by atoms with Gasteiger partial charge in [-0.05, 0) is 22.6 Å². The molecule has 0 N–H and O–H groups in total. The van der Waals surface area contributed by atoms with Crippen LogP contribution in [0.1, 0.15) is 11.1 Å². The minimum absolute atomic E-state index is 1.14. The van der Waals surface area contributed by atoms with E-state index in [1.807, 2.05) is 12.1 Å². The zero-order valence-corrected chi connectivity index (χ0v) is 6.90. The summed E-state index contributed by atoms with van der Waals surface area (Å²) in [5.74, 6) is 0. The molecule has 0 saturated carbocycles. The topological polar surface area (TPSA) is 0 Å². The van der Waals surface area contributed by atoms with Crippen LogP contribution in [0.5, 0.6) is 0 Å². The van der Waals surface area contributed by atoms with Crippen LogP contribution in [0.15, 0.2) is 36.3 Å². The third kappa shape index (κ3) is 1.12. The van der Waals surface area contributed by atoms with Crippen LogP contribution in [-0.2, 0) is 0 Å². The van der Waals surface area contributed by atoms with Crippen molar-refractivity contribution in [3.8, 4) is 0 Å². The van der Waals surface area contributed by atoms with Crippen LogP contribution in [0, 0.1) is 0 Å². The molecule has 1 aliphatic rings. The maximum Gasteiger partial charge on any atom is 0.0122 e. The van der Waals surface area contributed by atoms with E-state index in [9.17, 15) is 0 Å². The summed E-state index contributed by atoms with van der Waals surface area (Å²) in [5, 5.41) is 2.07. The highest BCUT2D eigenvalue weighted by atomic mass is 32.2. The molecule has 0 nitrogen and oxygen atoms in total. The van der Waals surface area contributed by atoms with E-state index in [0.29, 0.717) is 0 Å². The lowest BCUT2D eigenvalue weighted by molar-refractivity contribution is 1.60. The minimum Gasteiger partial charge on any atom is -0.0980 e. The fourth-order valence-corrected chi connectivity index (χ4v) is 1.84. The predicted octanol–water partition coefficient (Wildman–Crippen LogP) is 3.37. The van der Waals surface area contributed by atoms with Gasteiger partial charge in [0.05, 0.1) is 0 Å². The Hall–Kier alpha value is -0.950. The molecule has 0 saturated heterocycles. The highest BCUT2D eigenvalue weighted by molar-refractivity contribution is 8.11. The van der Waals surface area contributed by atoms with Gasteiger partial charge in [0, 0.05) is 4.91 Å². The average Bonchev–Trinajstić information content (AvgIpc) is 2.06. The van der Waals surface area contributed by atoms with Crippen molar-refractivity contribution in [3.05, 3.63) is 47.4 Å². The first-order valence-corrected chi connectivity index (χ1v) is 4.37. The molecule has 0 aromatic heterocycles. The highest BCUT2D eigenvalue weighted by Crippen LogP contribution is 2.34. The predicted molar refractivity (Wildman–Crippen MR) is 52.1 cm³/mol. The van der Waals surface area contributed by atoms with Crippen molar-refractivity contribution in [2.45, 2.75) is 0 Å². The fourth-order valence-electron chi connectivity index (χ4n) is 1.15. The van der Waals surface area contributed by atoms with Crippen LogP contribution in [0.4, 0.5) is 0 Å². The summed E-state index contributed by atoms with van der Waals surface area (Å²) in [6, 6.07) is 8.31. The van der Waals surface area contributed by atoms with Crippen LogP contribution in [0.3, 0.4) is 0 Å². The number of thioether (sulfide) groups is 1. The molecule has 1 heterocycles. The smallest absolute Gasteiger partial charge is 0.0122 e. The van der Waals surface area contributed by atoms with Crippen LogP contribution in [0.25, 0.3) is 11.0 Å². The Kier molecular flexibility index (Phi) is 1.59. The second-order valence-electron chi connectivity index (χ2n) is 2.43. The summed E-state index contributed by atoms with van der Waals surface area (Å²) in [5.41, 5.74) is 2.54. The van der Waals surface area contributed by atoms with Gasteiger partial charge in [0.2, 0.25) is 0 Å². The molecule has 2 rings (SSSR count). The molecule has 54 valence electrons. The first-order valence-electron chi connectivity index (χ1n) is 3.49. The van der Waals surface area contributed by atoms with E-state index in [4.69, 9.17) is 0 Å². The van der Waals surface area contributed by atoms with Gasteiger partial charge in [0.1, 0.15) is 0 Å². The third-order valence-electron chi connectivity index (χ3n) is 1.72. The third-order valence-corrected chi connectivity index (χ3v) is 2.50. The molecule has 0 radical (unpaired) electrons. The van der Waals surface area contributed by atoms with E-state index in [1.54, 1.807) is 11.8 Å². The Morgan fingerprint density at radius 3 is 2.82 bits per heavy atom. The van der Waals surface area contributed by atoms with Gasteiger partial charge in [0.25, 0.3) is 0 Å². The Labute approximate surface area is 70.6 Å². The number of hydrogen-bond acceptors (Lipinski definition) is 1. The van der Waals surface area contributed by atoms with Crippen LogP contribution in [0.2, 0.25) is 0 Å². The summed E-state index contributed by atoms with van der Waals surface area (Å²) in [7, 11) is 0. The minimum atomic E-state index is 1.14. The fraction of sp³-hybridized carbons (Fsp3) is 0. The highest BCUT2D eigenvalue weighted by Gasteiger charge is 2.05. The monoisotopic (exact) mass is 160 g/mol. The molecule has 1 heteroatoms. The number of benzene rings is 1. The molecule has 0 aliphatic carbocycles. The van der Waals surface area contributed by atoms with Gasteiger partial charge in [-0.3, -0.25) is 0 Å². The summed E-state index contributed by atoms with van der Waals surface area (Å²) in [4.78, 5) is 1.14. The largest absolute Gasteiger partial charge is 0.0980 e. The number of hydrogen-bond donors (Lipinski definition) is 0. The van der Waals surface area contributed by atoms with E-state index < -0.39 is 0 Å². The zero-order valence-electron chi connectivity index (χ0n) is 6.08. The van der Waals surface area contributed by atoms with Crippen LogP contribution in [-0.4, -0.2) is 0 Å². The molecule has 11 heavy (non-hydrogen) atoms. The van der Waals surface area contributed by atoms with E-state index in [1.165, 1.54) is 11.1 Å².